The number of piperazine rings is 1. The van der Waals surface area contributed by atoms with E-state index in [0.717, 1.165) is 31.7 Å². The maximum absolute atomic E-state index is 12.1. The Morgan fingerprint density at radius 2 is 2.05 bits per heavy atom. The number of nitrogens with one attached hydrogen (secondary N) is 1. The average Bonchev–Trinajstić information content (AvgIpc) is 2.43. The molecule has 1 aliphatic rings. The van der Waals surface area contributed by atoms with Crippen LogP contribution in [0.15, 0.2) is 18.2 Å². The van der Waals surface area contributed by atoms with E-state index in [-0.39, 0.29) is 5.91 Å². The molecule has 1 amide bonds. The van der Waals surface area contributed by atoms with Crippen LogP contribution in [0.1, 0.15) is 5.56 Å². The molecule has 1 aromatic rings. The highest BCUT2D eigenvalue weighted by Gasteiger charge is 2.17. The van der Waals surface area contributed by atoms with Crippen molar-refractivity contribution in [3.8, 4) is 0 Å². The van der Waals surface area contributed by atoms with Crippen LogP contribution in [-0.2, 0) is 11.3 Å². The monoisotopic (exact) mass is 315 g/mol. The maximum atomic E-state index is 12.1. The van der Waals surface area contributed by atoms with Gasteiger partial charge in [0, 0.05) is 42.8 Å². The van der Waals surface area contributed by atoms with Crippen LogP contribution in [0.2, 0.25) is 10.0 Å². The van der Waals surface area contributed by atoms with Crippen molar-refractivity contribution in [3.63, 3.8) is 0 Å². The van der Waals surface area contributed by atoms with E-state index in [2.05, 4.69) is 5.32 Å². The fourth-order valence-corrected chi connectivity index (χ4v) is 2.71. The Hall–Kier alpha value is -0.810. The molecule has 0 saturated carbocycles. The van der Waals surface area contributed by atoms with E-state index in [0.29, 0.717) is 23.1 Å². The second-order valence-corrected chi connectivity index (χ2v) is 5.88. The minimum Gasteiger partial charge on any atom is -0.339 e. The predicted molar refractivity (Wildman–Crippen MR) is 82.2 cm³/mol. The average molecular weight is 316 g/mol. The number of carbonyl (C=O) groups is 1. The standard InChI is InChI=1S/C14H19Cl2N3O/c1-18(9-11-2-3-12(15)8-13(11)16)10-14(20)19-6-4-17-5-7-19/h2-3,8,17H,4-7,9-10H2,1H3. The van der Waals surface area contributed by atoms with Crippen molar-refractivity contribution in [2.75, 3.05) is 39.8 Å². The molecule has 0 bridgehead atoms. The zero-order valence-electron chi connectivity index (χ0n) is 11.5. The molecule has 0 aromatic heterocycles. The molecule has 1 aliphatic heterocycles. The molecule has 2 rings (SSSR count). The Morgan fingerprint density at radius 3 is 2.70 bits per heavy atom. The minimum absolute atomic E-state index is 0.166. The number of likely N-dealkylation sites (N-methyl/N-ethyl adjacent to an activating group) is 1. The van der Waals surface area contributed by atoms with Gasteiger partial charge in [-0.3, -0.25) is 9.69 Å². The third-order valence-corrected chi connectivity index (χ3v) is 3.92. The molecule has 0 unspecified atom stereocenters. The van der Waals surface area contributed by atoms with E-state index in [4.69, 9.17) is 23.2 Å². The van der Waals surface area contributed by atoms with Crippen LogP contribution in [0.5, 0.6) is 0 Å². The lowest BCUT2D eigenvalue weighted by molar-refractivity contribution is -0.132. The summed E-state index contributed by atoms with van der Waals surface area (Å²) in [5.41, 5.74) is 0.978. The Labute approximate surface area is 129 Å². The van der Waals surface area contributed by atoms with Gasteiger partial charge >= 0.3 is 0 Å². The van der Waals surface area contributed by atoms with Gasteiger partial charge in [0.25, 0.3) is 0 Å². The lowest BCUT2D eigenvalue weighted by Gasteiger charge is -2.29. The number of rotatable bonds is 4. The number of nitrogens with zero attached hydrogens (tertiary/aromatic N) is 2. The van der Waals surface area contributed by atoms with Crippen LogP contribution >= 0.6 is 23.2 Å². The normalized spacial score (nSPS) is 15.7. The Kier molecular flexibility index (Phi) is 5.66. The van der Waals surface area contributed by atoms with Crippen LogP contribution in [0.4, 0.5) is 0 Å². The number of amides is 1. The third kappa shape index (κ3) is 4.35. The Bertz CT molecular complexity index is 475. The molecule has 1 heterocycles. The number of hydrogen-bond donors (Lipinski definition) is 1. The molecular weight excluding hydrogens is 297 g/mol. The summed E-state index contributed by atoms with van der Waals surface area (Å²) in [6.07, 6.45) is 0. The molecule has 1 saturated heterocycles. The topological polar surface area (TPSA) is 35.6 Å². The van der Waals surface area contributed by atoms with Crippen LogP contribution in [0.25, 0.3) is 0 Å². The minimum atomic E-state index is 0.166. The Morgan fingerprint density at radius 1 is 1.35 bits per heavy atom. The van der Waals surface area contributed by atoms with Gasteiger partial charge in [0.15, 0.2) is 0 Å². The number of carbonyl (C=O) groups excluding carboxylic acids is 1. The van der Waals surface area contributed by atoms with Gasteiger partial charge in [0.05, 0.1) is 6.54 Å². The molecule has 4 nitrogen and oxygen atoms in total. The largest absolute Gasteiger partial charge is 0.339 e. The van der Waals surface area contributed by atoms with Gasteiger partial charge in [-0.15, -0.1) is 0 Å². The second kappa shape index (κ2) is 7.27. The molecule has 0 radical (unpaired) electrons. The van der Waals surface area contributed by atoms with Gasteiger partial charge in [-0.05, 0) is 24.7 Å². The molecule has 6 heteroatoms. The van der Waals surface area contributed by atoms with E-state index in [9.17, 15) is 4.79 Å². The second-order valence-electron chi connectivity index (χ2n) is 5.04. The predicted octanol–water partition coefficient (Wildman–Crippen LogP) is 1.86. The fraction of sp³-hybridized carbons (Fsp3) is 0.500. The zero-order valence-corrected chi connectivity index (χ0v) is 13.0. The fourth-order valence-electron chi connectivity index (χ4n) is 2.24. The summed E-state index contributed by atoms with van der Waals surface area (Å²) in [4.78, 5) is 16.0. The number of benzene rings is 1. The summed E-state index contributed by atoms with van der Waals surface area (Å²) >= 11 is 12.0. The highest BCUT2D eigenvalue weighted by atomic mass is 35.5. The first kappa shape index (κ1) is 15.6. The maximum Gasteiger partial charge on any atom is 0.236 e. The lowest BCUT2D eigenvalue weighted by atomic mass is 10.2. The van der Waals surface area contributed by atoms with Crippen LogP contribution in [-0.4, -0.2) is 55.5 Å². The molecular formula is C14H19Cl2N3O. The summed E-state index contributed by atoms with van der Waals surface area (Å²) in [7, 11) is 1.92. The van der Waals surface area contributed by atoms with Gasteiger partial charge in [-0.1, -0.05) is 29.3 Å². The van der Waals surface area contributed by atoms with E-state index in [1.807, 2.05) is 29.0 Å². The molecule has 1 N–H and O–H groups in total. The van der Waals surface area contributed by atoms with Gasteiger partial charge in [-0.25, -0.2) is 0 Å². The van der Waals surface area contributed by atoms with Gasteiger partial charge in [0.1, 0.15) is 0 Å². The van der Waals surface area contributed by atoms with Crippen molar-refractivity contribution in [1.29, 1.82) is 0 Å². The first-order valence-electron chi connectivity index (χ1n) is 6.67. The molecule has 0 atom stereocenters. The summed E-state index contributed by atoms with van der Waals surface area (Å²) in [5, 5.41) is 4.50. The summed E-state index contributed by atoms with van der Waals surface area (Å²) < 4.78 is 0. The SMILES string of the molecule is CN(CC(=O)N1CCNCC1)Cc1ccc(Cl)cc1Cl. The van der Waals surface area contributed by atoms with Gasteiger partial charge in [-0.2, -0.15) is 0 Å². The quantitative estimate of drug-likeness (QED) is 0.921. The summed E-state index contributed by atoms with van der Waals surface area (Å²) in [6.45, 7) is 4.35. The first-order chi connectivity index (χ1) is 9.56. The number of halogens is 2. The summed E-state index contributed by atoms with van der Waals surface area (Å²) in [6, 6.07) is 5.44. The van der Waals surface area contributed by atoms with Crippen molar-refractivity contribution in [1.82, 2.24) is 15.1 Å². The van der Waals surface area contributed by atoms with E-state index < -0.39 is 0 Å². The van der Waals surface area contributed by atoms with E-state index in [1.54, 1.807) is 6.07 Å². The highest BCUT2D eigenvalue weighted by molar-refractivity contribution is 6.35. The van der Waals surface area contributed by atoms with Crippen LogP contribution in [0.3, 0.4) is 0 Å². The van der Waals surface area contributed by atoms with Crippen molar-refractivity contribution in [2.45, 2.75) is 6.54 Å². The smallest absolute Gasteiger partial charge is 0.236 e. The lowest BCUT2D eigenvalue weighted by Crippen LogP contribution is -2.49. The molecule has 1 fully saturated rings. The highest BCUT2D eigenvalue weighted by Crippen LogP contribution is 2.21. The van der Waals surface area contributed by atoms with Crippen molar-refractivity contribution < 1.29 is 4.79 Å². The van der Waals surface area contributed by atoms with Crippen molar-refractivity contribution >= 4 is 29.1 Å². The molecule has 20 heavy (non-hydrogen) atoms. The van der Waals surface area contributed by atoms with Crippen molar-refractivity contribution in [3.05, 3.63) is 33.8 Å². The van der Waals surface area contributed by atoms with Crippen LogP contribution in [0, 0.1) is 0 Å². The zero-order chi connectivity index (χ0) is 14.5. The third-order valence-electron chi connectivity index (χ3n) is 3.33. The van der Waals surface area contributed by atoms with Gasteiger partial charge in [0.2, 0.25) is 5.91 Å². The first-order valence-corrected chi connectivity index (χ1v) is 7.43. The van der Waals surface area contributed by atoms with Crippen LogP contribution < -0.4 is 5.32 Å². The summed E-state index contributed by atoms with van der Waals surface area (Å²) in [5.74, 6) is 0.166. The van der Waals surface area contributed by atoms with Crippen molar-refractivity contribution in [2.24, 2.45) is 0 Å². The Balaban J connectivity index is 1.88. The molecule has 0 aliphatic carbocycles. The van der Waals surface area contributed by atoms with E-state index in [1.165, 1.54) is 0 Å². The van der Waals surface area contributed by atoms with E-state index >= 15 is 0 Å². The molecule has 110 valence electrons. The molecule has 1 aromatic carbocycles. The number of hydrogen-bond acceptors (Lipinski definition) is 3. The van der Waals surface area contributed by atoms with Gasteiger partial charge < -0.3 is 10.2 Å². The molecule has 0 spiro atoms.